The van der Waals surface area contributed by atoms with E-state index < -0.39 is 0 Å². The topological polar surface area (TPSA) is 59.3 Å². The number of rotatable bonds is 4. The Hall–Kier alpha value is -2.17. The van der Waals surface area contributed by atoms with Gasteiger partial charge >= 0.3 is 0 Å². The number of hydrogen-bond donors (Lipinski definition) is 2. The first-order valence-corrected chi connectivity index (χ1v) is 5.29. The number of phenols is 1. The average Bonchev–Trinajstić information content (AvgIpc) is 2.69. The second kappa shape index (κ2) is 4.78. The standard InChI is InChI=1S/C12H15N3O2/c1-15-8-10(12(14-15)17-2)13-7-9-5-3-4-6-11(9)16/h3-6,8,13,16H,7H2,1-2H3. The highest BCUT2D eigenvalue weighted by Gasteiger charge is 2.07. The highest BCUT2D eigenvalue weighted by Crippen LogP contribution is 2.23. The molecule has 1 aromatic heterocycles. The molecule has 5 nitrogen and oxygen atoms in total. The minimum atomic E-state index is 0.280. The van der Waals surface area contributed by atoms with E-state index in [4.69, 9.17) is 4.74 Å². The van der Waals surface area contributed by atoms with Gasteiger partial charge in [0, 0.05) is 19.2 Å². The van der Waals surface area contributed by atoms with Crippen LogP contribution in [0.4, 0.5) is 5.69 Å². The first-order chi connectivity index (χ1) is 8.20. The number of ether oxygens (including phenoxy) is 1. The van der Waals surface area contributed by atoms with Crippen LogP contribution in [0, 0.1) is 0 Å². The van der Waals surface area contributed by atoms with E-state index in [1.54, 1.807) is 23.9 Å². The smallest absolute Gasteiger partial charge is 0.256 e. The first-order valence-electron chi connectivity index (χ1n) is 5.29. The van der Waals surface area contributed by atoms with Crippen molar-refractivity contribution >= 4 is 5.69 Å². The fourth-order valence-electron chi connectivity index (χ4n) is 1.59. The highest BCUT2D eigenvalue weighted by molar-refractivity contribution is 5.52. The Morgan fingerprint density at radius 2 is 2.18 bits per heavy atom. The van der Waals surface area contributed by atoms with Gasteiger partial charge in [0.2, 0.25) is 0 Å². The van der Waals surface area contributed by atoms with E-state index >= 15 is 0 Å². The minimum absolute atomic E-state index is 0.280. The average molecular weight is 233 g/mol. The van der Waals surface area contributed by atoms with E-state index in [2.05, 4.69) is 10.4 Å². The van der Waals surface area contributed by atoms with Crippen molar-refractivity contribution in [1.29, 1.82) is 0 Å². The van der Waals surface area contributed by atoms with Crippen LogP contribution in [-0.4, -0.2) is 22.0 Å². The number of anilines is 1. The van der Waals surface area contributed by atoms with Crippen molar-refractivity contribution < 1.29 is 9.84 Å². The number of aryl methyl sites for hydroxylation is 1. The number of para-hydroxylation sites is 1. The number of nitrogens with one attached hydrogen (secondary N) is 1. The fourth-order valence-corrected chi connectivity index (χ4v) is 1.59. The summed E-state index contributed by atoms with van der Waals surface area (Å²) in [4.78, 5) is 0. The molecule has 0 aliphatic carbocycles. The molecule has 0 amide bonds. The van der Waals surface area contributed by atoms with Gasteiger partial charge in [0.15, 0.2) is 0 Å². The third kappa shape index (κ3) is 2.50. The zero-order chi connectivity index (χ0) is 12.3. The maximum absolute atomic E-state index is 9.63. The summed E-state index contributed by atoms with van der Waals surface area (Å²) in [5.41, 5.74) is 1.64. The molecule has 2 aromatic rings. The predicted octanol–water partition coefficient (Wildman–Crippen LogP) is 1.75. The molecule has 0 saturated heterocycles. The van der Waals surface area contributed by atoms with Gasteiger partial charge in [0.1, 0.15) is 11.4 Å². The van der Waals surface area contributed by atoms with Gasteiger partial charge in [-0.1, -0.05) is 18.2 Å². The molecule has 0 radical (unpaired) electrons. The zero-order valence-corrected chi connectivity index (χ0v) is 9.84. The van der Waals surface area contributed by atoms with Crippen LogP contribution in [0.15, 0.2) is 30.5 Å². The van der Waals surface area contributed by atoms with Crippen LogP contribution in [0.3, 0.4) is 0 Å². The number of methoxy groups -OCH3 is 1. The Balaban J connectivity index is 2.09. The number of nitrogens with zero attached hydrogens (tertiary/aromatic N) is 2. The lowest BCUT2D eigenvalue weighted by Crippen LogP contribution is -2.00. The van der Waals surface area contributed by atoms with E-state index in [-0.39, 0.29) is 5.75 Å². The van der Waals surface area contributed by atoms with Gasteiger partial charge in [-0.05, 0) is 6.07 Å². The molecule has 2 rings (SSSR count). The van der Waals surface area contributed by atoms with Crippen molar-refractivity contribution in [3.8, 4) is 11.6 Å². The second-order valence-electron chi connectivity index (χ2n) is 3.71. The molecular formula is C12H15N3O2. The van der Waals surface area contributed by atoms with Crippen molar-refractivity contribution in [2.24, 2.45) is 7.05 Å². The van der Waals surface area contributed by atoms with Gasteiger partial charge in [-0.3, -0.25) is 4.68 Å². The number of aromatic nitrogens is 2. The van der Waals surface area contributed by atoms with E-state index in [0.29, 0.717) is 12.4 Å². The van der Waals surface area contributed by atoms with Crippen molar-refractivity contribution in [1.82, 2.24) is 9.78 Å². The van der Waals surface area contributed by atoms with Crippen LogP contribution in [-0.2, 0) is 13.6 Å². The maximum atomic E-state index is 9.63. The molecule has 0 saturated carbocycles. The Bertz CT molecular complexity index is 508. The lowest BCUT2D eigenvalue weighted by Gasteiger charge is -2.06. The van der Waals surface area contributed by atoms with Gasteiger partial charge < -0.3 is 15.2 Å². The summed E-state index contributed by atoms with van der Waals surface area (Å²) in [5.74, 6) is 0.825. The predicted molar refractivity (Wildman–Crippen MR) is 65.2 cm³/mol. The Morgan fingerprint density at radius 1 is 1.41 bits per heavy atom. The number of hydrogen-bond acceptors (Lipinski definition) is 4. The largest absolute Gasteiger partial charge is 0.508 e. The molecule has 0 atom stereocenters. The maximum Gasteiger partial charge on any atom is 0.256 e. The molecule has 1 heterocycles. The van der Waals surface area contributed by atoms with E-state index in [1.165, 1.54) is 0 Å². The van der Waals surface area contributed by atoms with Crippen LogP contribution >= 0.6 is 0 Å². The lowest BCUT2D eigenvalue weighted by molar-refractivity contribution is 0.393. The summed E-state index contributed by atoms with van der Waals surface area (Å²) >= 11 is 0. The van der Waals surface area contributed by atoms with Crippen molar-refractivity contribution in [3.05, 3.63) is 36.0 Å². The molecule has 0 aliphatic rings. The van der Waals surface area contributed by atoms with Gasteiger partial charge in [-0.2, -0.15) is 0 Å². The van der Waals surface area contributed by atoms with Gasteiger partial charge in [-0.25, -0.2) is 0 Å². The van der Waals surface area contributed by atoms with Gasteiger partial charge in [-0.15, -0.1) is 5.10 Å². The van der Waals surface area contributed by atoms with Crippen LogP contribution in [0.5, 0.6) is 11.6 Å². The lowest BCUT2D eigenvalue weighted by atomic mass is 10.2. The van der Waals surface area contributed by atoms with Crippen LogP contribution in [0.1, 0.15) is 5.56 Å². The molecule has 1 aromatic carbocycles. The molecule has 90 valence electrons. The van der Waals surface area contributed by atoms with Gasteiger partial charge in [0.25, 0.3) is 5.88 Å². The van der Waals surface area contributed by atoms with E-state index in [9.17, 15) is 5.11 Å². The Labute approximate surface area is 99.6 Å². The van der Waals surface area contributed by atoms with Crippen LogP contribution in [0.25, 0.3) is 0 Å². The summed E-state index contributed by atoms with van der Waals surface area (Å²) in [6.07, 6.45) is 1.83. The Morgan fingerprint density at radius 3 is 2.88 bits per heavy atom. The van der Waals surface area contributed by atoms with E-state index in [1.807, 2.05) is 25.4 Å². The SMILES string of the molecule is COc1nn(C)cc1NCc1ccccc1O. The van der Waals surface area contributed by atoms with Crippen molar-refractivity contribution in [2.75, 3.05) is 12.4 Å². The summed E-state index contributed by atoms with van der Waals surface area (Å²) in [7, 11) is 3.40. The molecule has 0 spiro atoms. The molecule has 0 bridgehead atoms. The minimum Gasteiger partial charge on any atom is -0.508 e. The number of phenolic OH excluding ortho intramolecular Hbond substituents is 1. The third-order valence-electron chi connectivity index (χ3n) is 2.45. The molecule has 0 fully saturated rings. The summed E-state index contributed by atoms with van der Waals surface area (Å²) in [6, 6.07) is 7.21. The van der Waals surface area contributed by atoms with Crippen molar-refractivity contribution in [2.45, 2.75) is 6.54 Å². The van der Waals surface area contributed by atoms with Crippen molar-refractivity contribution in [3.63, 3.8) is 0 Å². The molecule has 5 heteroatoms. The first kappa shape index (κ1) is 11.3. The number of benzene rings is 1. The van der Waals surface area contributed by atoms with Gasteiger partial charge in [0.05, 0.1) is 13.3 Å². The third-order valence-corrected chi connectivity index (χ3v) is 2.45. The monoisotopic (exact) mass is 233 g/mol. The number of aromatic hydroxyl groups is 1. The quantitative estimate of drug-likeness (QED) is 0.844. The van der Waals surface area contributed by atoms with E-state index in [0.717, 1.165) is 11.3 Å². The molecule has 17 heavy (non-hydrogen) atoms. The summed E-state index contributed by atoms with van der Waals surface area (Å²) in [5, 5.41) is 16.9. The normalized spacial score (nSPS) is 10.2. The molecule has 0 unspecified atom stereocenters. The molecule has 2 N–H and O–H groups in total. The van der Waals surface area contributed by atoms with Crippen LogP contribution in [0.2, 0.25) is 0 Å². The molecular weight excluding hydrogens is 218 g/mol. The second-order valence-corrected chi connectivity index (χ2v) is 3.71. The zero-order valence-electron chi connectivity index (χ0n) is 9.84. The molecule has 0 aliphatic heterocycles. The fraction of sp³-hybridized carbons (Fsp3) is 0.250. The Kier molecular flexibility index (Phi) is 3.18. The van der Waals surface area contributed by atoms with Crippen LogP contribution < -0.4 is 10.1 Å². The summed E-state index contributed by atoms with van der Waals surface area (Å²) in [6.45, 7) is 0.523. The summed E-state index contributed by atoms with van der Waals surface area (Å²) < 4.78 is 6.80. The highest BCUT2D eigenvalue weighted by atomic mass is 16.5.